The van der Waals surface area contributed by atoms with Gasteiger partial charge in [0.25, 0.3) is 5.91 Å². The number of nitrogens with one attached hydrogen (secondary N) is 1. The minimum atomic E-state index is -0.229. The molecule has 1 saturated carbocycles. The molecule has 2 aromatic heterocycles. The molecule has 7 heteroatoms. The van der Waals surface area contributed by atoms with Crippen LogP contribution in [0.2, 0.25) is 0 Å². The molecule has 1 unspecified atom stereocenters. The number of nitrogens with zero attached hydrogens (tertiary/aromatic N) is 3. The van der Waals surface area contributed by atoms with Crippen molar-refractivity contribution in [1.82, 2.24) is 20.1 Å². The SMILES string of the molecule is CC(C)n1ncc2c(C(=O)NCC3COc4ccccc4O3)cc(C3CC3)nc21. The molecule has 150 valence electrons. The van der Waals surface area contributed by atoms with Crippen molar-refractivity contribution in [2.24, 2.45) is 0 Å². The van der Waals surface area contributed by atoms with E-state index in [2.05, 4.69) is 24.3 Å². The predicted octanol–water partition coefficient (Wildman–Crippen LogP) is 3.46. The van der Waals surface area contributed by atoms with E-state index < -0.39 is 0 Å². The number of carbonyl (C=O) groups is 1. The lowest BCUT2D eigenvalue weighted by Crippen LogP contribution is -2.40. The van der Waals surface area contributed by atoms with E-state index in [-0.39, 0.29) is 18.1 Å². The second kappa shape index (κ2) is 7.06. The fourth-order valence-electron chi connectivity index (χ4n) is 3.66. The number of amides is 1. The summed E-state index contributed by atoms with van der Waals surface area (Å²) < 4.78 is 13.6. The van der Waals surface area contributed by atoms with Crippen LogP contribution in [0.5, 0.6) is 11.5 Å². The van der Waals surface area contributed by atoms with Crippen molar-refractivity contribution in [3.8, 4) is 11.5 Å². The standard InChI is InChI=1S/C22H24N4O3/c1-13(2)26-21-17(11-24-26)16(9-18(25-21)14-7-8-14)22(27)23-10-15-12-28-19-5-3-4-6-20(19)29-15/h3-6,9,11,13-15H,7-8,10,12H2,1-2H3,(H,23,27). The summed E-state index contributed by atoms with van der Waals surface area (Å²) in [5.74, 6) is 1.76. The van der Waals surface area contributed by atoms with Crippen LogP contribution in [0.25, 0.3) is 11.0 Å². The highest BCUT2D eigenvalue weighted by Gasteiger charge is 2.29. The van der Waals surface area contributed by atoms with E-state index in [1.54, 1.807) is 6.20 Å². The van der Waals surface area contributed by atoms with Crippen LogP contribution in [0.15, 0.2) is 36.5 Å². The van der Waals surface area contributed by atoms with Gasteiger partial charge in [-0.1, -0.05) is 12.1 Å². The van der Waals surface area contributed by atoms with Crippen LogP contribution in [0.3, 0.4) is 0 Å². The van der Waals surface area contributed by atoms with Gasteiger partial charge in [-0.05, 0) is 44.9 Å². The Balaban J connectivity index is 1.37. The van der Waals surface area contributed by atoms with Gasteiger partial charge in [-0.15, -0.1) is 0 Å². The van der Waals surface area contributed by atoms with Gasteiger partial charge in [-0.3, -0.25) is 4.79 Å². The smallest absolute Gasteiger partial charge is 0.252 e. The average molecular weight is 392 g/mol. The molecule has 3 heterocycles. The average Bonchev–Trinajstić information content (AvgIpc) is 3.49. The third-order valence-electron chi connectivity index (χ3n) is 5.37. The van der Waals surface area contributed by atoms with Crippen molar-refractivity contribution in [3.05, 3.63) is 47.8 Å². The van der Waals surface area contributed by atoms with E-state index in [9.17, 15) is 4.79 Å². The molecule has 1 aromatic carbocycles. The molecule has 0 radical (unpaired) electrons. The van der Waals surface area contributed by atoms with Crippen LogP contribution in [0.1, 0.15) is 54.7 Å². The lowest BCUT2D eigenvalue weighted by atomic mass is 10.1. The van der Waals surface area contributed by atoms with Crippen molar-refractivity contribution in [1.29, 1.82) is 0 Å². The van der Waals surface area contributed by atoms with Crippen LogP contribution in [-0.4, -0.2) is 39.9 Å². The zero-order valence-electron chi connectivity index (χ0n) is 16.6. The topological polar surface area (TPSA) is 78.3 Å². The summed E-state index contributed by atoms with van der Waals surface area (Å²) in [5, 5.41) is 8.26. The molecule has 2 aliphatic rings. The molecule has 0 spiro atoms. The van der Waals surface area contributed by atoms with Crippen LogP contribution in [0, 0.1) is 0 Å². The molecule has 5 rings (SSSR count). The van der Waals surface area contributed by atoms with Crippen molar-refractivity contribution in [2.75, 3.05) is 13.2 Å². The molecule has 1 N–H and O–H groups in total. The highest BCUT2D eigenvalue weighted by molar-refractivity contribution is 6.05. The second-order valence-electron chi connectivity index (χ2n) is 8.00. The summed E-state index contributed by atoms with van der Waals surface area (Å²) in [6.07, 6.45) is 3.77. The first-order valence-electron chi connectivity index (χ1n) is 10.1. The maximum atomic E-state index is 13.0. The molecular weight excluding hydrogens is 368 g/mol. The summed E-state index contributed by atoms with van der Waals surface area (Å²) >= 11 is 0. The molecule has 1 aliphatic heterocycles. The number of hydrogen-bond acceptors (Lipinski definition) is 5. The number of hydrogen-bond donors (Lipinski definition) is 1. The summed E-state index contributed by atoms with van der Waals surface area (Å²) in [7, 11) is 0. The Morgan fingerprint density at radius 2 is 2.07 bits per heavy atom. The molecule has 0 saturated heterocycles. The molecule has 29 heavy (non-hydrogen) atoms. The Hall–Kier alpha value is -3.09. The molecule has 1 amide bonds. The van der Waals surface area contributed by atoms with Gasteiger partial charge in [0.2, 0.25) is 0 Å². The number of aromatic nitrogens is 3. The van der Waals surface area contributed by atoms with Gasteiger partial charge in [0.1, 0.15) is 12.7 Å². The van der Waals surface area contributed by atoms with Gasteiger partial charge in [-0.2, -0.15) is 5.10 Å². The largest absolute Gasteiger partial charge is 0.486 e. The summed E-state index contributed by atoms with van der Waals surface area (Å²) in [5.41, 5.74) is 2.39. The Morgan fingerprint density at radius 3 is 2.83 bits per heavy atom. The summed E-state index contributed by atoms with van der Waals surface area (Å²) in [4.78, 5) is 17.9. The summed E-state index contributed by atoms with van der Waals surface area (Å²) in [6, 6.07) is 9.67. The van der Waals surface area contributed by atoms with Crippen LogP contribution in [-0.2, 0) is 0 Å². The third kappa shape index (κ3) is 3.41. The quantitative estimate of drug-likeness (QED) is 0.719. The minimum absolute atomic E-state index is 0.134. The van der Waals surface area contributed by atoms with E-state index in [1.165, 1.54) is 0 Å². The molecule has 1 aliphatic carbocycles. The fourth-order valence-corrected chi connectivity index (χ4v) is 3.66. The van der Waals surface area contributed by atoms with Gasteiger partial charge in [-0.25, -0.2) is 9.67 Å². The van der Waals surface area contributed by atoms with Gasteiger partial charge in [0.15, 0.2) is 17.1 Å². The number of rotatable bonds is 5. The molecule has 1 atom stereocenters. The van der Waals surface area contributed by atoms with E-state index in [0.29, 0.717) is 30.4 Å². The van der Waals surface area contributed by atoms with Gasteiger partial charge < -0.3 is 14.8 Å². The first kappa shape index (κ1) is 18.0. The monoisotopic (exact) mass is 392 g/mol. The van der Waals surface area contributed by atoms with Crippen LogP contribution >= 0.6 is 0 Å². The maximum Gasteiger partial charge on any atom is 0.252 e. The highest BCUT2D eigenvalue weighted by atomic mass is 16.6. The molecule has 7 nitrogen and oxygen atoms in total. The molecule has 0 bridgehead atoms. The Bertz CT molecular complexity index is 1070. The predicted molar refractivity (Wildman–Crippen MR) is 109 cm³/mol. The van der Waals surface area contributed by atoms with E-state index in [0.717, 1.165) is 35.3 Å². The van der Waals surface area contributed by atoms with Gasteiger partial charge in [0, 0.05) is 17.7 Å². The van der Waals surface area contributed by atoms with Crippen LogP contribution < -0.4 is 14.8 Å². The summed E-state index contributed by atoms with van der Waals surface area (Å²) in [6.45, 7) is 4.90. The lowest BCUT2D eigenvalue weighted by Gasteiger charge is -2.26. The maximum absolute atomic E-state index is 13.0. The number of para-hydroxylation sites is 2. The molecular formula is C22H24N4O3. The van der Waals surface area contributed by atoms with E-state index in [4.69, 9.17) is 14.5 Å². The van der Waals surface area contributed by atoms with Gasteiger partial charge >= 0.3 is 0 Å². The van der Waals surface area contributed by atoms with Crippen LogP contribution in [0.4, 0.5) is 0 Å². The highest BCUT2D eigenvalue weighted by Crippen LogP contribution is 2.40. The zero-order valence-corrected chi connectivity index (χ0v) is 16.6. The normalized spacial score (nSPS) is 18.2. The number of fused-ring (bicyclic) bond motifs is 2. The third-order valence-corrected chi connectivity index (χ3v) is 5.37. The van der Waals surface area contributed by atoms with Gasteiger partial charge in [0.05, 0.1) is 23.7 Å². The van der Waals surface area contributed by atoms with E-state index >= 15 is 0 Å². The molecule has 1 fully saturated rings. The number of pyridine rings is 1. The Labute approximate surface area is 169 Å². The first-order chi connectivity index (χ1) is 14.1. The molecule has 3 aromatic rings. The van der Waals surface area contributed by atoms with Crippen molar-refractivity contribution in [2.45, 2.75) is 44.8 Å². The first-order valence-corrected chi connectivity index (χ1v) is 10.1. The number of carbonyl (C=O) groups excluding carboxylic acids is 1. The van der Waals surface area contributed by atoms with Crippen molar-refractivity contribution < 1.29 is 14.3 Å². The second-order valence-corrected chi connectivity index (χ2v) is 8.00. The van der Waals surface area contributed by atoms with E-state index in [1.807, 2.05) is 35.0 Å². The lowest BCUT2D eigenvalue weighted by molar-refractivity contribution is 0.0790. The fraction of sp³-hybridized carbons (Fsp3) is 0.409. The number of ether oxygens (including phenoxy) is 2. The minimum Gasteiger partial charge on any atom is -0.486 e. The van der Waals surface area contributed by atoms with Crippen molar-refractivity contribution in [3.63, 3.8) is 0 Å². The van der Waals surface area contributed by atoms with Crippen molar-refractivity contribution >= 4 is 16.9 Å². The number of benzene rings is 1. The Morgan fingerprint density at radius 1 is 1.28 bits per heavy atom. The Kier molecular flexibility index (Phi) is 4.38. The zero-order chi connectivity index (χ0) is 20.0.